The molecule has 3 heteroatoms. The molecule has 0 aliphatic rings. The molecule has 0 spiro atoms. The minimum atomic E-state index is 0.313. The number of phenols is 1. The normalized spacial score (nSPS) is 10.5. The van der Waals surface area contributed by atoms with Crippen LogP contribution in [-0.4, -0.2) is 11.7 Å². The van der Waals surface area contributed by atoms with Crippen molar-refractivity contribution >= 4 is 22.6 Å². The van der Waals surface area contributed by atoms with Gasteiger partial charge in [0.15, 0.2) is 0 Å². The lowest BCUT2D eigenvalue weighted by molar-refractivity contribution is 0.477. The second-order valence-electron chi connectivity index (χ2n) is 3.90. The monoisotopic (exact) mass is 339 g/mol. The van der Waals surface area contributed by atoms with Gasteiger partial charge >= 0.3 is 0 Å². The van der Waals surface area contributed by atoms with Gasteiger partial charge in [0.1, 0.15) is 5.75 Å². The molecule has 3 N–H and O–H groups in total. The molecule has 2 nitrogen and oxygen atoms in total. The van der Waals surface area contributed by atoms with Crippen molar-refractivity contribution in [1.29, 1.82) is 0 Å². The molecule has 0 aromatic heterocycles. The molecule has 2 aromatic rings. The van der Waals surface area contributed by atoms with Crippen LogP contribution in [0.1, 0.15) is 5.56 Å². The Kier molecular flexibility index (Phi) is 4.02. The highest BCUT2D eigenvalue weighted by Gasteiger charge is 2.05. The number of phenolic OH excluding ortho intramolecular Hbond substituents is 1. The highest BCUT2D eigenvalue weighted by atomic mass is 127. The van der Waals surface area contributed by atoms with Crippen LogP contribution in [-0.2, 0) is 6.42 Å². The summed E-state index contributed by atoms with van der Waals surface area (Å²) in [6.45, 7) is 0.622. The van der Waals surface area contributed by atoms with Crippen molar-refractivity contribution in [3.63, 3.8) is 0 Å². The fraction of sp³-hybridized carbons (Fsp3) is 0.143. The summed E-state index contributed by atoms with van der Waals surface area (Å²) in [4.78, 5) is 0. The molecule has 0 saturated carbocycles. The van der Waals surface area contributed by atoms with Gasteiger partial charge in [-0.15, -0.1) is 0 Å². The van der Waals surface area contributed by atoms with E-state index in [9.17, 15) is 5.11 Å². The van der Waals surface area contributed by atoms with Crippen LogP contribution in [0.25, 0.3) is 11.1 Å². The minimum Gasteiger partial charge on any atom is -0.507 e. The van der Waals surface area contributed by atoms with Crippen LogP contribution in [0, 0.1) is 3.57 Å². The number of aromatic hydroxyl groups is 1. The molecular formula is C14H14INO. The maximum absolute atomic E-state index is 9.91. The number of benzene rings is 2. The van der Waals surface area contributed by atoms with Crippen molar-refractivity contribution in [2.75, 3.05) is 6.54 Å². The van der Waals surface area contributed by atoms with Gasteiger partial charge in [-0.25, -0.2) is 0 Å². The Morgan fingerprint density at radius 1 is 1.12 bits per heavy atom. The van der Waals surface area contributed by atoms with Gasteiger partial charge in [-0.1, -0.05) is 18.2 Å². The summed E-state index contributed by atoms with van der Waals surface area (Å²) < 4.78 is 1.16. The average molecular weight is 339 g/mol. The summed E-state index contributed by atoms with van der Waals surface area (Å²) in [6, 6.07) is 13.7. The first-order valence-corrected chi connectivity index (χ1v) is 6.56. The Morgan fingerprint density at radius 3 is 2.65 bits per heavy atom. The number of hydrogen-bond donors (Lipinski definition) is 2. The first-order valence-electron chi connectivity index (χ1n) is 5.48. The third-order valence-electron chi connectivity index (χ3n) is 2.63. The summed E-state index contributed by atoms with van der Waals surface area (Å²) in [7, 11) is 0. The highest BCUT2D eigenvalue weighted by molar-refractivity contribution is 14.1. The molecule has 0 fully saturated rings. The molecule has 0 saturated heterocycles. The Balaban J connectivity index is 2.46. The average Bonchev–Trinajstić information content (AvgIpc) is 2.32. The summed E-state index contributed by atoms with van der Waals surface area (Å²) in [5.74, 6) is 0.313. The Bertz CT molecular complexity index is 525. The number of halogens is 1. The van der Waals surface area contributed by atoms with Gasteiger partial charge in [0.25, 0.3) is 0 Å². The first-order chi connectivity index (χ1) is 8.20. The largest absolute Gasteiger partial charge is 0.507 e. The number of nitrogens with two attached hydrogens (primary N) is 1. The molecule has 0 bridgehead atoms. The van der Waals surface area contributed by atoms with Crippen molar-refractivity contribution < 1.29 is 5.11 Å². The first kappa shape index (κ1) is 12.4. The van der Waals surface area contributed by atoms with E-state index in [1.807, 2.05) is 30.3 Å². The van der Waals surface area contributed by atoms with E-state index in [2.05, 4.69) is 28.7 Å². The Morgan fingerprint density at radius 2 is 1.94 bits per heavy atom. The molecule has 2 rings (SSSR count). The molecule has 88 valence electrons. The van der Waals surface area contributed by atoms with Crippen molar-refractivity contribution in [1.82, 2.24) is 0 Å². The maximum Gasteiger partial charge on any atom is 0.123 e. The molecule has 0 aliphatic heterocycles. The van der Waals surface area contributed by atoms with E-state index in [-0.39, 0.29) is 0 Å². The predicted molar refractivity (Wildman–Crippen MR) is 79.0 cm³/mol. The van der Waals surface area contributed by atoms with Crippen LogP contribution >= 0.6 is 22.6 Å². The van der Waals surface area contributed by atoms with Crippen LogP contribution in [0.4, 0.5) is 0 Å². The van der Waals surface area contributed by atoms with Gasteiger partial charge in [0, 0.05) is 9.13 Å². The zero-order valence-corrected chi connectivity index (χ0v) is 11.5. The predicted octanol–water partition coefficient (Wildman–Crippen LogP) is 3.17. The van der Waals surface area contributed by atoms with E-state index in [0.717, 1.165) is 26.7 Å². The van der Waals surface area contributed by atoms with E-state index in [1.54, 1.807) is 6.07 Å². The van der Waals surface area contributed by atoms with Crippen molar-refractivity contribution in [3.8, 4) is 16.9 Å². The molecular weight excluding hydrogens is 325 g/mol. The summed E-state index contributed by atoms with van der Waals surface area (Å²) in [5.41, 5.74) is 8.61. The number of rotatable bonds is 3. The zero-order chi connectivity index (χ0) is 12.3. The van der Waals surface area contributed by atoms with Gasteiger partial charge in [0.2, 0.25) is 0 Å². The van der Waals surface area contributed by atoms with Crippen LogP contribution in [0.3, 0.4) is 0 Å². The molecule has 17 heavy (non-hydrogen) atoms. The third-order valence-corrected chi connectivity index (χ3v) is 3.30. The molecule has 0 unspecified atom stereocenters. The SMILES string of the molecule is NCCc1ccc(O)c(-c2cccc(I)c2)c1. The zero-order valence-electron chi connectivity index (χ0n) is 9.36. The standard InChI is InChI=1S/C14H14INO/c15-12-3-1-2-11(9-12)13-8-10(6-7-16)4-5-14(13)17/h1-5,8-9,17H,6-7,16H2. The quantitative estimate of drug-likeness (QED) is 0.844. The molecule has 2 aromatic carbocycles. The molecule has 0 amide bonds. The fourth-order valence-electron chi connectivity index (χ4n) is 1.79. The van der Waals surface area contributed by atoms with Gasteiger partial charge in [0.05, 0.1) is 0 Å². The van der Waals surface area contributed by atoms with Crippen molar-refractivity contribution in [3.05, 3.63) is 51.6 Å². The lowest BCUT2D eigenvalue weighted by Crippen LogP contribution is -2.02. The van der Waals surface area contributed by atoms with Crippen LogP contribution in [0.15, 0.2) is 42.5 Å². The lowest BCUT2D eigenvalue weighted by Gasteiger charge is -2.08. The lowest BCUT2D eigenvalue weighted by atomic mass is 10.0. The van der Waals surface area contributed by atoms with E-state index in [4.69, 9.17) is 5.73 Å². The van der Waals surface area contributed by atoms with Crippen LogP contribution in [0.5, 0.6) is 5.75 Å². The maximum atomic E-state index is 9.91. The van der Waals surface area contributed by atoms with Gasteiger partial charge in [-0.3, -0.25) is 0 Å². The highest BCUT2D eigenvalue weighted by Crippen LogP contribution is 2.30. The van der Waals surface area contributed by atoms with E-state index >= 15 is 0 Å². The van der Waals surface area contributed by atoms with E-state index in [1.165, 1.54) is 0 Å². The van der Waals surface area contributed by atoms with Gasteiger partial charge < -0.3 is 10.8 Å². The fourth-order valence-corrected chi connectivity index (χ4v) is 2.34. The second-order valence-corrected chi connectivity index (χ2v) is 5.15. The molecule has 0 atom stereocenters. The van der Waals surface area contributed by atoms with E-state index < -0.39 is 0 Å². The Hall–Kier alpha value is -1.07. The minimum absolute atomic E-state index is 0.313. The van der Waals surface area contributed by atoms with Crippen molar-refractivity contribution in [2.24, 2.45) is 5.73 Å². The van der Waals surface area contributed by atoms with Crippen LogP contribution in [0.2, 0.25) is 0 Å². The summed E-state index contributed by atoms with van der Waals surface area (Å²) >= 11 is 2.27. The van der Waals surface area contributed by atoms with Gasteiger partial charge in [-0.05, 0) is 70.9 Å². The summed E-state index contributed by atoms with van der Waals surface area (Å²) in [6.07, 6.45) is 0.831. The molecule has 0 aliphatic carbocycles. The Labute approximate surface area is 115 Å². The third kappa shape index (κ3) is 2.98. The second kappa shape index (κ2) is 5.51. The van der Waals surface area contributed by atoms with Crippen LogP contribution < -0.4 is 5.73 Å². The number of hydrogen-bond acceptors (Lipinski definition) is 2. The summed E-state index contributed by atoms with van der Waals surface area (Å²) in [5, 5.41) is 9.91. The smallest absolute Gasteiger partial charge is 0.123 e. The molecule has 0 heterocycles. The van der Waals surface area contributed by atoms with Gasteiger partial charge in [-0.2, -0.15) is 0 Å². The molecule has 0 radical (unpaired) electrons. The van der Waals surface area contributed by atoms with Crippen molar-refractivity contribution in [2.45, 2.75) is 6.42 Å². The topological polar surface area (TPSA) is 46.2 Å². The van der Waals surface area contributed by atoms with E-state index in [0.29, 0.717) is 12.3 Å².